The average Bonchev–Trinajstić information content (AvgIpc) is 3.41. The van der Waals surface area contributed by atoms with Crippen LogP contribution in [0.4, 0.5) is 0 Å². The van der Waals surface area contributed by atoms with E-state index in [2.05, 4.69) is 15.5 Å². The lowest BCUT2D eigenvalue weighted by molar-refractivity contribution is -0.140. The third kappa shape index (κ3) is 4.24. The van der Waals surface area contributed by atoms with Gasteiger partial charge in [0.15, 0.2) is 0 Å². The van der Waals surface area contributed by atoms with Crippen LogP contribution in [0.3, 0.4) is 0 Å². The third-order valence-corrected chi connectivity index (χ3v) is 5.72. The van der Waals surface area contributed by atoms with Crippen molar-refractivity contribution in [2.75, 3.05) is 13.1 Å². The van der Waals surface area contributed by atoms with Crippen LogP contribution in [-0.2, 0) is 16.0 Å². The van der Waals surface area contributed by atoms with E-state index in [9.17, 15) is 9.59 Å². The van der Waals surface area contributed by atoms with Gasteiger partial charge in [0.05, 0.1) is 5.92 Å². The summed E-state index contributed by atoms with van der Waals surface area (Å²) in [5.74, 6) is 1.15. The van der Waals surface area contributed by atoms with Crippen molar-refractivity contribution in [3.8, 4) is 11.4 Å². The number of piperidine rings is 1. The summed E-state index contributed by atoms with van der Waals surface area (Å²) < 4.78 is 5.28. The summed E-state index contributed by atoms with van der Waals surface area (Å²) in [4.78, 5) is 31.1. The average molecular weight is 382 g/mol. The molecule has 0 radical (unpaired) electrons. The van der Waals surface area contributed by atoms with Crippen LogP contribution in [0.25, 0.3) is 11.4 Å². The summed E-state index contributed by atoms with van der Waals surface area (Å²) >= 11 is 0. The number of aromatic nitrogens is 2. The van der Waals surface area contributed by atoms with Crippen molar-refractivity contribution < 1.29 is 14.1 Å². The Morgan fingerprint density at radius 2 is 1.96 bits per heavy atom. The Morgan fingerprint density at radius 1 is 1.18 bits per heavy atom. The summed E-state index contributed by atoms with van der Waals surface area (Å²) in [6.45, 7) is 0.997. The minimum Gasteiger partial charge on any atom is -0.355 e. The monoisotopic (exact) mass is 382 g/mol. The zero-order chi connectivity index (χ0) is 19.3. The van der Waals surface area contributed by atoms with Gasteiger partial charge in [-0.25, -0.2) is 0 Å². The predicted octanol–water partition coefficient (Wildman–Crippen LogP) is 2.58. The quantitative estimate of drug-likeness (QED) is 0.830. The van der Waals surface area contributed by atoms with Crippen LogP contribution in [0.1, 0.15) is 44.4 Å². The number of likely N-dealkylation sites (tertiary alicyclic amines) is 1. The van der Waals surface area contributed by atoms with E-state index < -0.39 is 0 Å². The number of amides is 2. The van der Waals surface area contributed by atoms with Gasteiger partial charge in [-0.2, -0.15) is 4.98 Å². The van der Waals surface area contributed by atoms with Crippen molar-refractivity contribution in [3.63, 3.8) is 0 Å². The Labute approximate surface area is 164 Å². The first kappa shape index (κ1) is 18.7. The SMILES string of the molecule is O=C(NCCc1nc(-c2ccccc2)no1)[C@@H]1CCC(=O)N(C2CCCC2)C1. The fourth-order valence-corrected chi connectivity index (χ4v) is 4.15. The van der Waals surface area contributed by atoms with E-state index in [1.165, 1.54) is 12.8 Å². The molecule has 1 saturated heterocycles. The van der Waals surface area contributed by atoms with Gasteiger partial charge in [0, 0.05) is 37.5 Å². The number of nitrogens with zero attached hydrogens (tertiary/aromatic N) is 3. The Hall–Kier alpha value is -2.70. The molecule has 148 valence electrons. The minimum atomic E-state index is -0.124. The van der Waals surface area contributed by atoms with E-state index in [4.69, 9.17) is 4.52 Å². The molecule has 2 aromatic rings. The zero-order valence-electron chi connectivity index (χ0n) is 16.0. The second-order valence-corrected chi connectivity index (χ2v) is 7.64. The number of nitrogens with one attached hydrogen (secondary N) is 1. The maximum absolute atomic E-state index is 12.6. The van der Waals surface area contributed by atoms with E-state index in [0.29, 0.717) is 50.1 Å². The maximum atomic E-state index is 12.6. The summed E-state index contributed by atoms with van der Waals surface area (Å²) in [7, 11) is 0. The molecule has 4 rings (SSSR count). The molecule has 1 aliphatic heterocycles. The van der Waals surface area contributed by atoms with Gasteiger partial charge in [0.25, 0.3) is 0 Å². The largest absolute Gasteiger partial charge is 0.355 e. The van der Waals surface area contributed by atoms with Crippen molar-refractivity contribution in [2.45, 2.75) is 51.0 Å². The molecule has 1 saturated carbocycles. The molecule has 1 aromatic carbocycles. The van der Waals surface area contributed by atoms with Gasteiger partial charge in [0.2, 0.25) is 23.5 Å². The number of hydrogen-bond donors (Lipinski definition) is 1. The molecule has 1 aliphatic carbocycles. The van der Waals surface area contributed by atoms with Crippen molar-refractivity contribution in [2.24, 2.45) is 5.92 Å². The standard InChI is InChI=1S/C21H26N4O3/c26-19-11-10-16(14-25(19)17-8-4-5-9-17)21(27)22-13-12-18-23-20(24-28-18)15-6-2-1-3-7-15/h1-3,6-7,16-17H,4-5,8-14H2,(H,22,27)/t16-/m1/s1. The maximum Gasteiger partial charge on any atom is 0.228 e. The highest BCUT2D eigenvalue weighted by Gasteiger charge is 2.35. The Balaban J connectivity index is 1.26. The van der Waals surface area contributed by atoms with E-state index in [0.717, 1.165) is 18.4 Å². The highest BCUT2D eigenvalue weighted by molar-refractivity contribution is 5.84. The van der Waals surface area contributed by atoms with Gasteiger partial charge in [-0.1, -0.05) is 48.3 Å². The topological polar surface area (TPSA) is 88.3 Å². The Kier molecular flexibility index (Phi) is 5.69. The smallest absolute Gasteiger partial charge is 0.228 e. The third-order valence-electron chi connectivity index (χ3n) is 5.72. The van der Waals surface area contributed by atoms with Gasteiger partial charge >= 0.3 is 0 Å². The van der Waals surface area contributed by atoms with Crippen LogP contribution in [0, 0.1) is 5.92 Å². The normalized spacial score (nSPS) is 20.5. The van der Waals surface area contributed by atoms with Crippen molar-refractivity contribution in [1.82, 2.24) is 20.4 Å². The van der Waals surface area contributed by atoms with Crippen molar-refractivity contribution in [3.05, 3.63) is 36.2 Å². The number of benzene rings is 1. The van der Waals surface area contributed by atoms with E-state index in [1.54, 1.807) is 0 Å². The predicted molar refractivity (Wildman–Crippen MR) is 103 cm³/mol. The first-order chi connectivity index (χ1) is 13.7. The first-order valence-corrected chi connectivity index (χ1v) is 10.2. The second kappa shape index (κ2) is 8.54. The Morgan fingerprint density at radius 3 is 2.75 bits per heavy atom. The highest BCUT2D eigenvalue weighted by Crippen LogP contribution is 2.28. The van der Waals surface area contributed by atoms with Crippen LogP contribution in [0.2, 0.25) is 0 Å². The molecule has 0 unspecified atom stereocenters. The van der Waals surface area contributed by atoms with E-state index >= 15 is 0 Å². The van der Waals surface area contributed by atoms with Crippen LogP contribution in [0.15, 0.2) is 34.9 Å². The van der Waals surface area contributed by atoms with E-state index in [1.807, 2.05) is 35.2 Å². The summed E-state index contributed by atoms with van der Waals surface area (Å²) in [6.07, 6.45) is 6.09. The molecular formula is C21H26N4O3. The fourth-order valence-electron chi connectivity index (χ4n) is 4.15. The van der Waals surface area contributed by atoms with Crippen molar-refractivity contribution >= 4 is 11.8 Å². The van der Waals surface area contributed by atoms with E-state index in [-0.39, 0.29) is 17.7 Å². The van der Waals surface area contributed by atoms with Gasteiger partial charge in [-0.3, -0.25) is 9.59 Å². The molecule has 7 heteroatoms. The lowest BCUT2D eigenvalue weighted by Gasteiger charge is -2.36. The minimum absolute atomic E-state index is 0.0123. The molecule has 1 atom stereocenters. The lowest BCUT2D eigenvalue weighted by Crippen LogP contribution is -2.49. The van der Waals surface area contributed by atoms with Gasteiger partial charge in [-0.15, -0.1) is 0 Å². The highest BCUT2D eigenvalue weighted by atomic mass is 16.5. The number of carbonyl (C=O) groups is 2. The molecule has 1 N–H and O–H groups in total. The van der Waals surface area contributed by atoms with Gasteiger partial charge in [-0.05, 0) is 19.3 Å². The number of hydrogen-bond acceptors (Lipinski definition) is 5. The van der Waals surface area contributed by atoms with Crippen LogP contribution in [0.5, 0.6) is 0 Å². The van der Waals surface area contributed by atoms with Gasteiger partial charge < -0.3 is 14.7 Å². The number of carbonyl (C=O) groups excluding carboxylic acids is 2. The van der Waals surface area contributed by atoms with Crippen LogP contribution >= 0.6 is 0 Å². The molecule has 0 bridgehead atoms. The molecule has 0 spiro atoms. The summed E-state index contributed by atoms with van der Waals surface area (Å²) in [6, 6.07) is 9.98. The summed E-state index contributed by atoms with van der Waals surface area (Å²) in [5, 5.41) is 6.96. The first-order valence-electron chi connectivity index (χ1n) is 10.2. The Bertz CT molecular complexity index is 814. The molecule has 1 aromatic heterocycles. The van der Waals surface area contributed by atoms with Crippen molar-refractivity contribution in [1.29, 1.82) is 0 Å². The van der Waals surface area contributed by atoms with Crippen LogP contribution in [-0.4, -0.2) is 46.0 Å². The van der Waals surface area contributed by atoms with Crippen LogP contribution < -0.4 is 5.32 Å². The lowest BCUT2D eigenvalue weighted by atomic mass is 9.95. The second-order valence-electron chi connectivity index (χ2n) is 7.64. The van der Waals surface area contributed by atoms with Gasteiger partial charge in [0.1, 0.15) is 0 Å². The molecule has 2 aliphatic rings. The molecule has 7 nitrogen and oxygen atoms in total. The zero-order valence-corrected chi connectivity index (χ0v) is 16.0. The number of rotatable bonds is 6. The molecule has 28 heavy (non-hydrogen) atoms. The molecule has 2 amide bonds. The molecule has 2 heterocycles. The fraction of sp³-hybridized carbons (Fsp3) is 0.524. The summed E-state index contributed by atoms with van der Waals surface area (Å²) in [5.41, 5.74) is 0.903. The molecule has 2 fully saturated rings. The molecular weight excluding hydrogens is 356 g/mol.